The molecule has 1 atom stereocenters. The van der Waals surface area contributed by atoms with Gasteiger partial charge in [-0.05, 0) is 32.1 Å². The van der Waals surface area contributed by atoms with Crippen LogP contribution < -0.4 is 0 Å². The average Bonchev–Trinajstić information content (AvgIpc) is 3.13. The molecular weight excluding hydrogens is 304 g/mol. The summed E-state index contributed by atoms with van der Waals surface area (Å²) < 4.78 is 1.52. The minimum atomic E-state index is -0.358. The van der Waals surface area contributed by atoms with Crippen molar-refractivity contribution in [3.05, 3.63) is 16.9 Å². The highest BCUT2D eigenvalue weighted by Crippen LogP contribution is 2.25. The Balaban J connectivity index is 1.76. The molecule has 3 heterocycles. The van der Waals surface area contributed by atoms with Gasteiger partial charge in [-0.3, -0.25) is 14.3 Å². The van der Waals surface area contributed by atoms with E-state index in [9.17, 15) is 9.59 Å². The standard InChI is InChI=1S/C15H21ClN4O2/c1-18-10-11(16)13(17-18)15(22)20-9-5-6-12(20)14(21)19-7-3-2-4-8-19/h10,12H,2-9H2,1H3/t12-/m0/s1. The van der Waals surface area contributed by atoms with Gasteiger partial charge < -0.3 is 9.80 Å². The van der Waals surface area contributed by atoms with Crippen LogP contribution in [-0.2, 0) is 11.8 Å². The van der Waals surface area contributed by atoms with Gasteiger partial charge in [-0.2, -0.15) is 5.10 Å². The van der Waals surface area contributed by atoms with Gasteiger partial charge in [0.1, 0.15) is 6.04 Å². The van der Waals surface area contributed by atoms with Gasteiger partial charge in [0, 0.05) is 32.9 Å². The highest BCUT2D eigenvalue weighted by molar-refractivity contribution is 6.33. The molecule has 120 valence electrons. The quantitative estimate of drug-likeness (QED) is 0.832. The monoisotopic (exact) mass is 324 g/mol. The molecule has 3 rings (SSSR count). The third-order valence-electron chi connectivity index (χ3n) is 4.45. The van der Waals surface area contributed by atoms with Crippen molar-refractivity contribution in [1.29, 1.82) is 0 Å². The molecule has 0 saturated carbocycles. The van der Waals surface area contributed by atoms with Crippen LogP contribution in [0.5, 0.6) is 0 Å². The summed E-state index contributed by atoms with van der Waals surface area (Å²) in [5.41, 5.74) is 0.238. The van der Waals surface area contributed by atoms with Crippen LogP contribution in [0.15, 0.2) is 6.20 Å². The molecule has 2 aliphatic heterocycles. The van der Waals surface area contributed by atoms with Crippen molar-refractivity contribution in [2.45, 2.75) is 38.1 Å². The van der Waals surface area contributed by atoms with Gasteiger partial charge in [0.05, 0.1) is 5.02 Å². The number of halogens is 1. The molecule has 2 fully saturated rings. The van der Waals surface area contributed by atoms with Crippen molar-refractivity contribution < 1.29 is 9.59 Å². The van der Waals surface area contributed by atoms with Gasteiger partial charge in [0.2, 0.25) is 5.91 Å². The first kappa shape index (κ1) is 15.3. The zero-order valence-corrected chi connectivity index (χ0v) is 13.6. The Kier molecular flexibility index (Phi) is 4.38. The van der Waals surface area contributed by atoms with Gasteiger partial charge in [0.15, 0.2) is 5.69 Å². The smallest absolute Gasteiger partial charge is 0.276 e. The van der Waals surface area contributed by atoms with E-state index < -0.39 is 0 Å². The average molecular weight is 325 g/mol. The summed E-state index contributed by atoms with van der Waals surface area (Å²) in [6, 6.07) is -0.358. The van der Waals surface area contributed by atoms with E-state index in [0.717, 1.165) is 38.8 Å². The number of amides is 2. The molecule has 2 amide bonds. The summed E-state index contributed by atoms with van der Waals surface area (Å²) in [7, 11) is 1.73. The second-order valence-electron chi connectivity index (χ2n) is 6.04. The number of hydrogen-bond donors (Lipinski definition) is 0. The van der Waals surface area contributed by atoms with Gasteiger partial charge in [-0.15, -0.1) is 0 Å². The maximum absolute atomic E-state index is 12.7. The van der Waals surface area contributed by atoms with Crippen LogP contribution in [0.3, 0.4) is 0 Å². The fraction of sp³-hybridized carbons (Fsp3) is 0.667. The minimum absolute atomic E-state index is 0.0811. The van der Waals surface area contributed by atoms with Crippen molar-refractivity contribution in [2.75, 3.05) is 19.6 Å². The van der Waals surface area contributed by atoms with Crippen molar-refractivity contribution in [2.24, 2.45) is 7.05 Å². The first-order valence-corrected chi connectivity index (χ1v) is 8.24. The lowest BCUT2D eigenvalue weighted by atomic mass is 10.1. The van der Waals surface area contributed by atoms with Gasteiger partial charge in [-0.1, -0.05) is 11.6 Å². The number of piperidine rings is 1. The molecule has 1 aromatic heterocycles. The Morgan fingerprint density at radius 1 is 1.18 bits per heavy atom. The minimum Gasteiger partial charge on any atom is -0.341 e. The third kappa shape index (κ3) is 2.84. The first-order valence-electron chi connectivity index (χ1n) is 7.87. The first-order chi connectivity index (χ1) is 10.6. The molecular formula is C15H21ClN4O2. The fourth-order valence-corrected chi connectivity index (χ4v) is 3.59. The number of carbonyl (C=O) groups excluding carboxylic acids is 2. The molecule has 1 aromatic rings. The fourth-order valence-electron chi connectivity index (χ4n) is 3.33. The molecule has 6 nitrogen and oxygen atoms in total. The van der Waals surface area contributed by atoms with Crippen LogP contribution in [-0.4, -0.2) is 57.1 Å². The summed E-state index contributed by atoms with van der Waals surface area (Å²) in [6.45, 7) is 2.21. The predicted molar refractivity (Wildman–Crippen MR) is 82.7 cm³/mol. The summed E-state index contributed by atoms with van der Waals surface area (Å²) in [5.74, 6) is -0.156. The van der Waals surface area contributed by atoms with Crippen LogP contribution in [0.25, 0.3) is 0 Å². The van der Waals surface area contributed by atoms with E-state index in [1.807, 2.05) is 4.90 Å². The Bertz CT molecular complexity index is 580. The van der Waals surface area contributed by atoms with Crippen LogP contribution in [0.2, 0.25) is 5.02 Å². The number of aryl methyl sites for hydroxylation is 1. The summed E-state index contributed by atoms with van der Waals surface area (Å²) in [5, 5.41) is 4.47. The number of nitrogens with zero attached hydrogens (tertiary/aromatic N) is 4. The number of rotatable bonds is 2. The Morgan fingerprint density at radius 3 is 2.55 bits per heavy atom. The van der Waals surface area contributed by atoms with E-state index in [1.54, 1.807) is 18.1 Å². The molecule has 2 aliphatic rings. The molecule has 0 bridgehead atoms. The SMILES string of the molecule is Cn1cc(Cl)c(C(=O)N2CCC[C@H]2C(=O)N2CCCCC2)n1. The zero-order valence-electron chi connectivity index (χ0n) is 12.8. The molecule has 7 heteroatoms. The van der Waals surface area contributed by atoms with Crippen LogP contribution in [0, 0.1) is 0 Å². The van der Waals surface area contributed by atoms with Crippen molar-refractivity contribution in [1.82, 2.24) is 19.6 Å². The summed E-state index contributed by atoms with van der Waals surface area (Å²) >= 11 is 6.07. The second-order valence-corrected chi connectivity index (χ2v) is 6.45. The maximum atomic E-state index is 12.7. The van der Waals surface area contributed by atoms with E-state index >= 15 is 0 Å². The molecule has 0 spiro atoms. The topological polar surface area (TPSA) is 58.4 Å². The number of carbonyl (C=O) groups is 2. The third-order valence-corrected chi connectivity index (χ3v) is 4.73. The highest BCUT2D eigenvalue weighted by Gasteiger charge is 2.38. The Labute approximate surface area is 135 Å². The summed E-state index contributed by atoms with van der Waals surface area (Å²) in [6.07, 6.45) is 6.47. The predicted octanol–water partition coefficient (Wildman–Crippen LogP) is 1.69. The van der Waals surface area contributed by atoms with E-state index in [2.05, 4.69) is 5.10 Å². The molecule has 0 aliphatic carbocycles. The Hall–Kier alpha value is -1.56. The molecule has 0 unspecified atom stereocenters. The second kappa shape index (κ2) is 6.28. The van der Waals surface area contributed by atoms with Gasteiger partial charge in [-0.25, -0.2) is 0 Å². The molecule has 2 saturated heterocycles. The van der Waals surface area contributed by atoms with Crippen molar-refractivity contribution in [3.8, 4) is 0 Å². The molecule has 0 radical (unpaired) electrons. The lowest BCUT2D eigenvalue weighted by Crippen LogP contribution is -2.49. The van der Waals surface area contributed by atoms with Crippen LogP contribution in [0.4, 0.5) is 0 Å². The van der Waals surface area contributed by atoms with Crippen LogP contribution in [0.1, 0.15) is 42.6 Å². The van der Waals surface area contributed by atoms with Crippen molar-refractivity contribution >= 4 is 23.4 Å². The molecule has 0 N–H and O–H groups in total. The molecule has 22 heavy (non-hydrogen) atoms. The van der Waals surface area contributed by atoms with Crippen LogP contribution >= 0.6 is 11.6 Å². The number of hydrogen-bond acceptors (Lipinski definition) is 3. The largest absolute Gasteiger partial charge is 0.341 e. The van der Waals surface area contributed by atoms with E-state index in [4.69, 9.17) is 11.6 Å². The van der Waals surface area contributed by atoms with E-state index in [0.29, 0.717) is 11.6 Å². The lowest BCUT2D eigenvalue weighted by molar-refractivity contribution is -0.136. The normalized spacial score (nSPS) is 22.2. The Morgan fingerprint density at radius 2 is 1.91 bits per heavy atom. The van der Waals surface area contributed by atoms with E-state index in [1.165, 1.54) is 11.1 Å². The van der Waals surface area contributed by atoms with Gasteiger partial charge >= 0.3 is 0 Å². The van der Waals surface area contributed by atoms with Gasteiger partial charge in [0.25, 0.3) is 5.91 Å². The molecule has 0 aromatic carbocycles. The lowest BCUT2D eigenvalue weighted by Gasteiger charge is -2.32. The number of likely N-dealkylation sites (tertiary alicyclic amines) is 2. The highest BCUT2D eigenvalue weighted by atomic mass is 35.5. The summed E-state index contributed by atoms with van der Waals surface area (Å²) in [4.78, 5) is 28.9. The van der Waals surface area contributed by atoms with Crippen molar-refractivity contribution in [3.63, 3.8) is 0 Å². The number of aromatic nitrogens is 2. The zero-order chi connectivity index (χ0) is 15.7. The maximum Gasteiger partial charge on any atom is 0.276 e. The van der Waals surface area contributed by atoms with E-state index in [-0.39, 0.29) is 23.6 Å².